The van der Waals surface area contributed by atoms with Crippen molar-refractivity contribution in [1.29, 1.82) is 5.26 Å². The van der Waals surface area contributed by atoms with Gasteiger partial charge in [-0.1, -0.05) is 19.4 Å². The molecule has 0 aliphatic carbocycles. The quantitative estimate of drug-likeness (QED) is 0.735. The van der Waals surface area contributed by atoms with Gasteiger partial charge in [-0.25, -0.2) is 0 Å². The summed E-state index contributed by atoms with van der Waals surface area (Å²) in [4.78, 5) is 16.6. The number of carbonyl (C=O) groups excluding carboxylic acids is 1. The summed E-state index contributed by atoms with van der Waals surface area (Å²) in [6.45, 7) is 5.07. The maximum Gasteiger partial charge on any atom is 0.253 e. The van der Waals surface area contributed by atoms with Crippen molar-refractivity contribution < 1.29 is 4.79 Å². The Morgan fingerprint density at radius 3 is 2.67 bits per heavy atom. The first-order valence-corrected chi connectivity index (χ1v) is 8.42. The van der Waals surface area contributed by atoms with Gasteiger partial charge in [0.25, 0.3) is 5.91 Å². The van der Waals surface area contributed by atoms with Crippen LogP contribution in [0.4, 0.5) is 0 Å². The van der Waals surface area contributed by atoms with Crippen LogP contribution >= 0.6 is 22.6 Å². The predicted molar refractivity (Wildman–Crippen MR) is 90.9 cm³/mol. The fourth-order valence-corrected chi connectivity index (χ4v) is 3.19. The van der Waals surface area contributed by atoms with Crippen LogP contribution < -0.4 is 0 Å². The van der Waals surface area contributed by atoms with E-state index in [9.17, 15) is 10.1 Å². The lowest BCUT2D eigenvalue weighted by molar-refractivity contribution is 0.0601. The minimum absolute atomic E-state index is 0.00933. The standard InChI is InChI=1S/C16H20IN3O/c1-2-4-15(12-18)19-7-9-20(10-8-19)16(21)13-5-3-6-14(17)11-13/h3,5-6,11,15H,2,4,7-10H2,1H3. The Kier molecular flexibility index (Phi) is 6.00. The van der Waals surface area contributed by atoms with E-state index in [0.29, 0.717) is 13.1 Å². The van der Waals surface area contributed by atoms with Crippen molar-refractivity contribution in [1.82, 2.24) is 9.80 Å². The van der Waals surface area contributed by atoms with Crippen molar-refractivity contribution in [3.8, 4) is 6.07 Å². The first kappa shape index (κ1) is 16.2. The number of carbonyl (C=O) groups is 1. The predicted octanol–water partition coefficient (Wildman–Crippen LogP) is 2.74. The van der Waals surface area contributed by atoms with E-state index in [4.69, 9.17) is 0 Å². The highest BCUT2D eigenvalue weighted by Gasteiger charge is 2.26. The monoisotopic (exact) mass is 397 g/mol. The molecule has 112 valence electrons. The summed E-state index contributed by atoms with van der Waals surface area (Å²) in [6, 6.07) is 10.1. The zero-order valence-electron chi connectivity index (χ0n) is 12.3. The van der Waals surface area contributed by atoms with Crippen molar-refractivity contribution in [3.63, 3.8) is 0 Å². The second kappa shape index (κ2) is 7.76. The number of nitrogens with zero attached hydrogens (tertiary/aromatic N) is 3. The number of piperazine rings is 1. The van der Waals surface area contributed by atoms with Crippen LogP contribution in [0.3, 0.4) is 0 Å². The summed E-state index contributed by atoms with van der Waals surface area (Å²) in [5.74, 6) is 0.0946. The average Bonchev–Trinajstić information content (AvgIpc) is 2.52. The van der Waals surface area contributed by atoms with E-state index in [1.54, 1.807) is 0 Å². The highest BCUT2D eigenvalue weighted by atomic mass is 127. The van der Waals surface area contributed by atoms with Gasteiger partial charge in [0.1, 0.15) is 0 Å². The summed E-state index contributed by atoms with van der Waals surface area (Å²) in [5.41, 5.74) is 0.751. The first-order chi connectivity index (χ1) is 10.2. The lowest BCUT2D eigenvalue weighted by Crippen LogP contribution is -2.51. The van der Waals surface area contributed by atoms with Crippen molar-refractivity contribution in [2.75, 3.05) is 26.2 Å². The molecule has 1 aliphatic heterocycles. The largest absolute Gasteiger partial charge is 0.336 e. The van der Waals surface area contributed by atoms with Gasteiger partial charge in [-0.15, -0.1) is 0 Å². The van der Waals surface area contributed by atoms with E-state index < -0.39 is 0 Å². The van der Waals surface area contributed by atoms with Crippen molar-refractivity contribution in [3.05, 3.63) is 33.4 Å². The molecule has 1 atom stereocenters. The molecule has 1 saturated heterocycles. The van der Waals surface area contributed by atoms with Gasteiger partial charge in [-0.2, -0.15) is 5.26 Å². The Morgan fingerprint density at radius 2 is 2.10 bits per heavy atom. The summed E-state index contributed by atoms with van der Waals surface area (Å²) < 4.78 is 1.07. The normalized spacial score (nSPS) is 17.3. The second-order valence-electron chi connectivity index (χ2n) is 5.27. The van der Waals surface area contributed by atoms with Crippen LogP contribution in [-0.4, -0.2) is 47.9 Å². The van der Waals surface area contributed by atoms with Gasteiger partial charge in [0, 0.05) is 35.3 Å². The van der Waals surface area contributed by atoms with E-state index in [2.05, 4.69) is 40.5 Å². The highest BCUT2D eigenvalue weighted by molar-refractivity contribution is 14.1. The Labute approximate surface area is 139 Å². The van der Waals surface area contributed by atoms with Gasteiger partial charge in [0.05, 0.1) is 12.1 Å². The lowest BCUT2D eigenvalue weighted by Gasteiger charge is -2.37. The molecule has 4 nitrogen and oxygen atoms in total. The third kappa shape index (κ3) is 4.17. The first-order valence-electron chi connectivity index (χ1n) is 7.34. The fraction of sp³-hybridized carbons (Fsp3) is 0.500. The van der Waals surface area contributed by atoms with Crippen LogP contribution in [0.1, 0.15) is 30.1 Å². The SMILES string of the molecule is CCCC(C#N)N1CCN(C(=O)c2cccc(I)c2)CC1. The molecule has 1 heterocycles. The van der Waals surface area contributed by atoms with E-state index in [1.165, 1.54) is 0 Å². The minimum atomic E-state index is -0.00933. The highest BCUT2D eigenvalue weighted by Crippen LogP contribution is 2.14. The van der Waals surface area contributed by atoms with Crippen LogP contribution in [0.15, 0.2) is 24.3 Å². The molecular formula is C16H20IN3O. The van der Waals surface area contributed by atoms with E-state index in [0.717, 1.165) is 35.1 Å². The van der Waals surface area contributed by atoms with Crippen LogP contribution in [0, 0.1) is 14.9 Å². The van der Waals surface area contributed by atoms with Crippen molar-refractivity contribution >= 4 is 28.5 Å². The molecular weight excluding hydrogens is 377 g/mol. The molecule has 21 heavy (non-hydrogen) atoms. The molecule has 1 aliphatic rings. The van der Waals surface area contributed by atoms with Crippen LogP contribution in [0.2, 0.25) is 0 Å². The van der Waals surface area contributed by atoms with Gasteiger partial charge < -0.3 is 4.90 Å². The maximum atomic E-state index is 12.5. The Morgan fingerprint density at radius 1 is 1.38 bits per heavy atom. The summed E-state index contributed by atoms with van der Waals surface area (Å²) >= 11 is 2.22. The maximum absolute atomic E-state index is 12.5. The third-order valence-electron chi connectivity index (χ3n) is 3.82. The van der Waals surface area contributed by atoms with Gasteiger partial charge in [-0.05, 0) is 47.2 Å². The van der Waals surface area contributed by atoms with Gasteiger partial charge in [-0.3, -0.25) is 9.69 Å². The Bertz CT molecular complexity index is 533. The van der Waals surface area contributed by atoms with Gasteiger partial charge in [0.15, 0.2) is 0 Å². The zero-order valence-corrected chi connectivity index (χ0v) is 14.4. The summed E-state index contributed by atoms with van der Waals surface area (Å²) in [7, 11) is 0. The number of rotatable bonds is 4. The Balaban J connectivity index is 1.95. The summed E-state index contributed by atoms with van der Waals surface area (Å²) in [5, 5.41) is 9.22. The molecule has 0 N–H and O–H groups in total. The number of hydrogen-bond donors (Lipinski definition) is 0. The number of amides is 1. The van der Waals surface area contributed by atoms with Gasteiger partial charge >= 0.3 is 0 Å². The molecule has 0 aromatic heterocycles. The van der Waals surface area contributed by atoms with Crippen LogP contribution in [0.5, 0.6) is 0 Å². The average molecular weight is 397 g/mol. The molecule has 1 unspecified atom stereocenters. The molecule has 1 aromatic rings. The van der Waals surface area contributed by atoms with Crippen molar-refractivity contribution in [2.24, 2.45) is 0 Å². The molecule has 1 amide bonds. The van der Waals surface area contributed by atoms with E-state index in [-0.39, 0.29) is 11.9 Å². The van der Waals surface area contributed by atoms with E-state index >= 15 is 0 Å². The fourth-order valence-electron chi connectivity index (χ4n) is 2.64. The van der Waals surface area contributed by atoms with Crippen molar-refractivity contribution in [2.45, 2.75) is 25.8 Å². The number of hydrogen-bond acceptors (Lipinski definition) is 3. The van der Waals surface area contributed by atoms with Gasteiger partial charge in [0.2, 0.25) is 0 Å². The van der Waals surface area contributed by atoms with Crippen LogP contribution in [-0.2, 0) is 0 Å². The molecule has 0 saturated carbocycles. The molecule has 0 radical (unpaired) electrons. The number of halogens is 1. The second-order valence-corrected chi connectivity index (χ2v) is 6.52. The molecule has 0 spiro atoms. The molecule has 0 bridgehead atoms. The molecule has 5 heteroatoms. The smallest absolute Gasteiger partial charge is 0.253 e. The molecule has 1 aromatic carbocycles. The lowest BCUT2D eigenvalue weighted by atomic mass is 10.1. The number of benzene rings is 1. The zero-order chi connectivity index (χ0) is 15.2. The Hall–Kier alpha value is -1.13. The van der Waals surface area contributed by atoms with E-state index in [1.807, 2.05) is 29.2 Å². The molecule has 2 rings (SSSR count). The topological polar surface area (TPSA) is 47.3 Å². The third-order valence-corrected chi connectivity index (χ3v) is 4.50. The van der Waals surface area contributed by atoms with Crippen LogP contribution in [0.25, 0.3) is 0 Å². The summed E-state index contributed by atoms with van der Waals surface area (Å²) in [6.07, 6.45) is 1.92. The number of nitriles is 1. The molecule has 1 fully saturated rings. The minimum Gasteiger partial charge on any atom is -0.336 e.